The second-order valence-electron chi connectivity index (χ2n) is 5.84. The number of carbonyl (C=O) groups is 1. The minimum Gasteiger partial charge on any atom is -0.326 e. The Morgan fingerprint density at radius 3 is 2.67 bits per heavy atom. The van der Waals surface area contributed by atoms with Gasteiger partial charge in [0.2, 0.25) is 5.91 Å². The van der Waals surface area contributed by atoms with E-state index in [1.54, 1.807) is 0 Å². The maximum Gasteiger partial charge on any atom is 0.225 e. The Kier molecular flexibility index (Phi) is 5.99. The molecule has 0 atom stereocenters. The van der Waals surface area contributed by atoms with Gasteiger partial charge >= 0.3 is 0 Å². The number of nitrogens with zero attached hydrogens (tertiary/aromatic N) is 2. The second-order valence-corrected chi connectivity index (χ2v) is 6.92. The van der Waals surface area contributed by atoms with Crippen LogP contribution in [0.15, 0.2) is 29.3 Å². The minimum atomic E-state index is -0.0286. The number of rotatable bonds is 5. The average Bonchev–Trinajstić information content (AvgIpc) is 2.50. The smallest absolute Gasteiger partial charge is 0.225 e. The number of benzene rings is 1. The molecule has 0 fully saturated rings. The highest BCUT2D eigenvalue weighted by Gasteiger charge is 2.11. The van der Waals surface area contributed by atoms with Crippen molar-refractivity contribution in [3.8, 4) is 6.07 Å². The quantitative estimate of drug-likeness (QED) is 0.825. The van der Waals surface area contributed by atoms with Crippen molar-refractivity contribution in [3.05, 3.63) is 52.2 Å². The average molecular weight is 339 g/mol. The van der Waals surface area contributed by atoms with Gasteiger partial charge in [-0.1, -0.05) is 12.1 Å². The van der Waals surface area contributed by atoms with Crippen LogP contribution in [0.3, 0.4) is 0 Å². The first kappa shape index (κ1) is 18.0. The molecule has 5 heteroatoms. The van der Waals surface area contributed by atoms with Crippen molar-refractivity contribution in [3.63, 3.8) is 0 Å². The zero-order chi connectivity index (χ0) is 17.7. The number of aryl methyl sites for hydroxylation is 4. The van der Waals surface area contributed by atoms with Gasteiger partial charge in [0.05, 0.1) is 5.56 Å². The molecule has 1 N–H and O–H groups in total. The van der Waals surface area contributed by atoms with E-state index in [1.807, 2.05) is 52.0 Å². The highest BCUT2D eigenvalue weighted by molar-refractivity contribution is 7.99. The summed E-state index contributed by atoms with van der Waals surface area (Å²) in [6.45, 7) is 7.79. The lowest BCUT2D eigenvalue weighted by atomic mass is 10.1. The lowest BCUT2D eigenvalue weighted by Crippen LogP contribution is -2.13. The molecular weight excluding hydrogens is 318 g/mol. The summed E-state index contributed by atoms with van der Waals surface area (Å²) in [5.41, 5.74) is 5.42. The lowest BCUT2D eigenvalue weighted by molar-refractivity contribution is -0.115. The van der Waals surface area contributed by atoms with Gasteiger partial charge in [-0.3, -0.25) is 4.79 Å². The Labute approximate surface area is 147 Å². The van der Waals surface area contributed by atoms with Crippen LogP contribution >= 0.6 is 11.8 Å². The van der Waals surface area contributed by atoms with E-state index in [-0.39, 0.29) is 5.91 Å². The van der Waals surface area contributed by atoms with Gasteiger partial charge in [-0.2, -0.15) is 5.26 Å². The number of nitrogens with one attached hydrogen (secondary N) is 1. The Bertz CT molecular complexity index is 809. The van der Waals surface area contributed by atoms with E-state index in [0.717, 1.165) is 28.1 Å². The lowest BCUT2D eigenvalue weighted by Gasteiger charge is -2.10. The van der Waals surface area contributed by atoms with E-state index in [1.165, 1.54) is 11.8 Å². The zero-order valence-corrected chi connectivity index (χ0v) is 15.3. The fourth-order valence-electron chi connectivity index (χ4n) is 2.37. The van der Waals surface area contributed by atoms with Crippen molar-refractivity contribution in [1.29, 1.82) is 5.26 Å². The number of pyridine rings is 1. The molecule has 0 aliphatic rings. The molecule has 4 nitrogen and oxygen atoms in total. The Balaban J connectivity index is 1.96. The van der Waals surface area contributed by atoms with Crippen LogP contribution in [0.4, 0.5) is 5.69 Å². The molecular formula is C19H21N3OS. The van der Waals surface area contributed by atoms with Gasteiger partial charge < -0.3 is 5.32 Å². The molecule has 0 saturated carbocycles. The van der Waals surface area contributed by atoms with Gasteiger partial charge in [0.1, 0.15) is 11.1 Å². The van der Waals surface area contributed by atoms with E-state index in [4.69, 9.17) is 0 Å². The Hall–Kier alpha value is -2.32. The van der Waals surface area contributed by atoms with Crippen LogP contribution in [0.5, 0.6) is 0 Å². The minimum absolute atomic E-state index is 0.0286. The molecule has 1 heterocycles. The molecule has 1 aromatic carbocycles. The third kappa shape index (κ3) is 4.59. The van der Waals surface area contributed by atoms with Crippen molar-refractivity contribution in [2.45, 2.75) is 39.1 Å². The van der Waals surface area contributed by atoms with Crippen LogP contribution in [-0.4, -0.2) is 16.6 Å². The van der Waals surface area contributed by atoms with E-state index in [0.29, 0.717) is 22.8 Å². The molecule has 1 amide bonds. The van der Waals surface area contributed by atoms with E-state index >= 15 is 0 Å². The molecule has 0 bridgehead atoms. The third-order valence-electron chi connectivity index (χ3n) is 3.66. The van der Waals surface area contributed by atoms with Crippen molar-refractivity contribution in [1.82, 2.24) is 4.98 Å². The molecule has 2 aromatic rings. The van der Waals surface area contributed by atoms with Crippen LogP contribution in [0.2, 0.25) is 0 Å². The topological polar surface area (TPSA) is 65.8 Å². The number of anilines is 1. The number of aromatic nitrogens is 1. The molecule has 0 unspecified atom stereocenters. The fraction of sp³-hybridized carbons (Fsp3) is 0.316. The number of thioether (sulfide) groups is 1. The molecule has 0 radical (unpaired) electrons. The van der Waals surface area contributed by atoms with Gasteiger partial charge in [0.25, 0.3) is 0 Å². The number of hydrogen-bond donors (Lipinski definition) is 1. The Morgan fingerprint density at radius 2 is 1.96 bits per heavy atom. The maximum absolute atomic E-state index is 12.1. The summed E-state index contributed by atoms with van der Waals surface area (Å²) >= 11 is 1.45. The van der Waals surface area contributed by atoms with Gasteiger partial charge in [0.15, 0.2) is 0 Å². The summed E-state index contributed by atoms with van der Waals surface area (Å²) in [7, 11) is 0. The van der Waals surface area contributed by atoms with Gasteiger partial charge in [-0.05, 0) is 56.5 Å². The third-order valence-corrected chi connectivity index (χ3v) is 4.64. The van der Waals surface area contributed by atoms with E-state index in [9.17, 15) is 10.1 Å². The molecule has 1 aromatic heterocycles. The standard InChI is InChI=1S/C19H21N3OS/c1-12-5-6-13(2)17(9-12)22-18(23)7-8-24-19-16(11-20)14(3)10-15(4)21-19/h5-6,9-10H,7-8H2,1-4H3,(H,22,23). The fourth-order valence-corrected chi connectivity index (χ4v) is 3.41. The monoisotopic (exact) mass is 339 g/mol. The summed E-state index contributed by atoms with van der Waals surface area (Å²) in [5, 5.41) is 12.9. The number of carbonyl (C=O) groups excluding carboxylic acids is 1. The van der Waals surface area contributed by atoms with Gasteiger partial charge in [-0.15, -0.1) is 11.8 Å². The predicted molar refractivity (Wildman–Crippen MR) is 98.3 cm³/mol. The second kappa shape index (κ2) is 7.98. The first-order valence-corrected chi connectivity index (χ1v) is 8.77. The molecule has 24 heavy (non-hydrogen) atoms. The summed E-state index contributed by atoms with van der Waals surface area (Å²) in [6, 6.07) is 10.1. The predicted octanol–water partition coefficient (Wildman–Crippen LogP) is 4.31. The maximum atomic E-state index is 12.1. The molecule has 0 spiro atoms. The van der Waals surface area contributed by atoms with Crippen molar-refractivity contribution in [2.75, 3.05) is 11.1 Å². The molecule has 0 aliphatic carbocycles. The van der Waals surface area contributed by atoms with Crippen LogP contribution in [0.25, 0.3) is 0 Å². The largest absolute Gasteiger partial charge is 0.326 e. The number of amides is 1. The summed E-state index contributed by atoms with van der Waals surface area (Å²) in [6.07, 6.45) is 0.373. The number of nitriles is 1. The SMILES string of the molecule is Cc1ccc(C)c(NC(=O)CCSc2nc(C)cc(C)c2C#N)c1. The first-order chi connectivity index (χ1) is 11.4. The highest BCUT2D eigenvalue weighted by Crippen LogP contribution is 2.24. The zero-order valence-electron chi connectivity index (χ0n) is 14.4. The molecule has 0 aliphatic heterocycles. The van der Waals surface area contributed by atoms with Crippen molar-refractivity contribution >= 4 is 23.4 Å². The summed E-state index contributed by atoms with van der Waals surface area (Å²) in [4.78, 5) is 16.6. The van der Waals surface area contributed by atoms with Gasteiger partial charge in [0, 0.05) is 23.6 Å². The highest BCUT2D eigenvalue weighted by atomic mass is 32.2. The van der Waals surface area contributed by atoms with Crippen LogP contribution in [0, 0.1) is 39.0 Å². The van der Waals surface area contributed by atoms with E-state index < -0.39 is 0 Å². The van der Waals surface area contributed by atoms with Crippen LogP contribution < -0.4 is 5.32 Å². The van der Waals surface area contributed by atoms with Crippen molar-refractivity contribution in [2.24, 2.45) is 0 Å². The van der Waals surface area contributed by atoms with E-state index in [2.05, 4.69) is 16.4 Å². The van der Waals surface area contributed by atoms with Crippen LogP contribution in [0.1, 0.15) is 34.4 Å². The van der Waals surface area contributed by atoms with Gasteiger partial charge in [-0.25, -0.2) is 4.98 Å². The van der Waals surface area contributed by atoms with Crippen molar-refractivity contribution < 1.29 is 4.79 Å². The van der Waals surface area contributed by atoms with Crippen LogP contribution in [-0.2, 0) is 4.79 Å². The first-order valence-electron chi connectivity index (χ1n) is 7.79. The molecule has 0 saturated heterocycles. The number of hydrogen-bond acceptors (Lipinski definition) is 4. The molecule has 2 rings (SSSR count). The summed E-state index contributed by atoms with van der Waals surface area (Å²) < 4.78 is 0. The normalized spacial score (nSPS) is 10.3. The molecule has 124 valence electrons. The Morgan fingerprint density at radius 1 is 1.21 bits per heavy atom. The summed E-state index contributed by atoms with van der Waals surface area (Å²) in [5.74, 6) is 0.556.